The molecule has 1 saturated carbocycles. The summed E-state index contributed by atoms with van der Waals surface area (Å²) in [5.41, 5.74) is 1.01. The van der Waals surface area contributed by atoms with Crippen molar-refractivity contribution in [1.82, 2.24) is 9.80 Å². The first-order chi connectivity index (χ1) is 10.8. The highest BCUT2D eigenvalue weighted by Crippen LogP contribution is 2.31. The smallest absolute Gasteiger partial charge is 0.410 e. The van der Waals surface area contributed by atoms with E-state index >= 15 is 0 Å². The number of likely N-dealkylation sites (tertiary alicyclic amines) is 1. The molecule has 1 aliphatic heterocycles. The second kappa shape index (κ2) is 7.11. The second-order valence-corrected chi connectivity index (χ2v) is 6.12. The molecule has 5 nitrogen and oxygen atoms in total. The highest BCUT2D eigenvalue weighted by molar-refractivity contribution is 5.68. The predicted molar refractivity (Wildman–Crippen MR) is 83.4 cm³/mol. The number of amides is 1. The monoisotopic (exact) mass is 304 g/mol. The number of benzene rings is 1. The van der Waals surface area contributed by atoms with Crippen molar-refractivity contribution in [1.29, 1.82) is 0 Å². The lowest BCUT2D eigenvalue weighted by atomic mass is 10.2. The van der Waals surface area contributed by atoms with Gasteiger partial charge in [0.05, 0.1) is 6.61 Å². The Morgan fingerprint density at radius 3 is 2.68 bits per heavy atom. The standard InChI is InChI=1S/C17H24N2O3/c20-11-10-19(15-6-7-15)16-8-9-18(12-16)17(21)22-13-14-4-2-1-3-5-14/h1-5,15-16,20H,6-13H2/t16-/m0/s1. The van der Waals surface area contributed by atoms with Crippen molar-refractivity contribution in [2.24, 2.45) is 0 Å². The van der Waals surface area contributed by atoms with Gasteiger partial charge in [-0.1, -0.05) is 30.3 Å². The summed E-state index contributed by atoms with van der Waals surface area (Å²) >= 11 is 0. The molecule has 1 atom stereocenters. The third-order valence-electron chi connectivity index (χ3n) is 4.47. The predicted octanol–water partition coefficient (Wildman–Crippen LogP) is 1.85. The third kappa shape index (κ3) is 3.78. The van der Waals surface area contributed by atoms with Crippen molar-refractivity contribution in [2.75, 3.05) is 26.2 Å². The number of nitrogens with zero attached hydrogens (tertiary/aromatic N) is 2. The lowest BCUT2D eigenvalue weighted by molar-refractivity contribution is 0.0972. The fraction of sp³-hybridized carbons (Fsp3) is 0.588. The minimum absolute atomic E-state index is 0.186. The molecule has 2 aliphatic rings. The molecule has 1 saturated heterocycles. The Kier molecular flexibility index (Phi) is 4.95. The molecule has 0 bridgehead atoms. The van der Waals surface area contributed by atoms with Crippen LogP contribution in [-0.4, -0.2) is 59.3 Å². The third-order valence-corrected chi connectivity index (χ3v) is 4.47. The van der Waals surface area contributed by atoms with Gasteiger partial charge in [0.25, 0.3) is 0 Å². The van der Waals surface area contributed by atoms with E-state index in [1.807, 2.05) is 30.3 Å². The normalized spacial score (nSPS) is 21.4. The van der Waals surface area contributed by atoms with E-state index in [4.69, 9.17) is 4.74 Å². The van der Waals surface area contributed by atoms with Crippen LogP contribution in [0.25, 0.3) is 0 Å². The number of aliphatic hydroxyl groups is 1. The molecule has 0 spiro atoms. The Morgan fingerprint density at radius 2 is 2.00 bits per heavy atom. The summed E-state index contributed by atoms with van der Waals surface area (Å²) in [4.78, 5) is 16.3. The molecular formula is C17H24N2O3. The molecule has 0 aromatic heterocycles. The fourth-order valence-corrected chi connectivity index (χ4v) is 3.17. The van der Waals surface area contributed by atoms with Gasteiger partial charge in [-0.3, -0.25) is 4.90 Å². The van der Waals surface area contributed by atoms with Crippen LogP contribution in [0.1, 0.15) is 24.8 Å². The van der Waals surface area contributed by atoms with Crippen molar-refractivity contribution < 1.29 is 14.6 Å². The summed E-state index contributed by atoms with van der Waals surface area (Å²) in [6.07, 6.45) is 3.17. The Morgan fingerprint density at radius 1 is 1.23 bits per heavy atom. The largest absolute Gasteiger partial charge is 0.445 e. The van der Waals surface area contributed by atoms with Crippen LogP contribution >= 0.6 is 0 Å². The maximum atomic E-state index is 12.2. The number of rotatable bonds is 6. The molecule has 1 aromatic carbocycles. The summed E-state index contributed by atoms with van der Waals surface area (Å²) in [6.45, 7) is 2.68. The molecule has 1 heterocycles. The molecule has 1 aromatic rings. The van der Waals surface area contributed by atoms with E-state index in [2.05, 4.69) is 4.90 Å². The molecule has 0 unspecified atom stereocenters. The SMILES string of the molecule is O=C(OCc1ccccc1)N1CC[C@H](N(CCO)C2CC2)C1. The van der Waals surface area contributed by atoms with Crippen LogP contribution in [0.4, 0.5) is 4.79 Å². The van der Waals surface area contributed by atoms with Crippen LogP contribution in [0.2, 0.25) is 0 Å². The quantitative estimate of drug-likeness (QED) is 0.871. The first-order valence-corrected chi connectivity index (χ1v) is 8.10. The van der Waals surface area contributed by atoms with Gasteiger partial charge in [0, 0.05) is 31.7 Å². The van der Waals surface area contributed by atoms with E-state index in [9.17, 15) is 9.90 Å². The first kappa shape index (κ1) is 15.3. The summed E-state index contributed by atoms with van der Waals surface area (Å²) in [7, 11) is 0. The van der Waals surface area contributed by atoms with Gasteiger partial charge in [0.1, 0.15) is 6.61 Å². The zero-order chi connectivity index (χ0) is 15.4. The minimum Gasteiger partial charge on any atom is -0.445 e. The van der Waals surface area contributed by atoms with Crippen molar-refractivity contribution in [3.05, 3.63) is 35.9 Å². The van der Waals surface area contributed by atoms with Gasteiger partial charge >= 0.3 is 6.09 Å². The molecule has 5 heteroatoms. The van der Waals surface area contributed by atoms with E-state index in [0.29, 0.717) is 31.8 Å². The van der Waals surface area contributed by atoms with Gasteiger partial charge in [0.2, 0.25) is 0 Å². The van der Waals surface area contributed by atoms with Gasteiger partial charge in [-0.15, -0.1) is 0 Å². The van der Waals surface area contributed by atoms with Crippen LogP contribution in [0.5, 0.6) is 0 Å². The molecule has 0 radical (unpaired) electrons. The molecule has 1 amide bonds. The molecule has 120 valence electrons. The fourth-order valence-electron chi connectivity index (χ4n) is 3.17. The van der Waals surface area contributed by atoms with E-state index in [1.54, 1.807) is 4.90 Å². The number of carbonyl (C=O) groups excluding carboxylic acids is 1. The van der Waals surface area contributed by atoms with Crippen LogP contribution < -0.4 is 0 Å². The Bertz CT molecular complexity index is 490. The number of hydrogen-bond acceptors (Lipinski definition) is 4. The number of hydrogen-bond donors (Lipinski definition) is 1. The molecule has 2 fully saturated rings. The second-order valence-electron chi connectivity index (χ2n) is 6.12. The molecule has 1 aliphatic carbocycles. The Hall–Kier alpha value is -1.59. The Balaban J connectivity index is 1.48. The van der Waals surface area contributed by atoms with Gasteiger partial charge in [-0.2, -0.15) is 0 Å². The van der Waals surface area contributed by atoms with Crippen molar-refractivity contribution in [2.45, 2.75) is 38.0 Å². The molecule has 1 N–H and O–H groups in total. The molecule has 3 rings (SSSR count). The number of aliphatic hydroxyl groups excluding tert-OH is 1. The maximum absolute atomic E-state index is 12.2. The van der Waals surface area contributed by atoms with Crippen LogP contribution in [0.3, 0.4) is 0 Å². The average Bonchev–Trinajstić information content (AvgIpc) is 3.27. The summed E-state index contributed by atoms with van der Waals surface area (Å²) < 4.78 is 5.40. The highest BCUT2D eigenvalue weighted by Gasteiger charge is 2.38. The van der Waals surface area contributed by atoms with Crippen molar-refractivity contribution >= 4 is 6.09 Å². The Labute approximate surface area is 131 Å². The first-order valence-electron chi connectivity index (χ1n) is 8.10. The number of carbonyl (C=O) groups is 1. The number of ether oxygens (including phenoxy) is 1. The van der Waals surface area contributed by atoms with E-state index < -0.39 is 0 Å². The van der Waals surface area contributed by atoms with E-state index in [-0.39, 0.29) is 12.7 Å². The van der Waals surface area contributed by atoms with E-state index in [1.165, 1.54) is 12.8 Å². The van der Waals surface area contributed by atoms with Crippen LogP contribution in [-0.2, 0) is 11.3 Å². The van der Waals surface area contributed by atoms with Crippen LogP contribution in [0, 0.1) is 0 Å². The van der Waals surface area contributed by atoms with Crippen molar-refractivity contribution in [3.63, 3.8) is 0 Å². The van der Waals surface area contributed by atoms with Gasteiger partial charge in [0.15, 0.2) is 0 Å². The summed E-state index contributed by atoms with van der Waals surface area (Å²) in [6, 6.07) is 10.7. The highest BCUT2D eigenvalue weighted by atomic mass is 16.6. The molecule has 22 heavy (non-hydrogen) atoms. The minimum atomic E-state index is -0.230. The van der Waals surface area contributed by atoms with Gasteiger partial charge < -0.3 is 14.7 Å². The zero-order valence-corrected chi connectivity index (χ0v) is 12.9. The average molecular weight is 304 g/mol. The van der Waals surface area contributed by atoms with Crippen LogP contribution in [0.15, 0.2) is 30.3 Å². The topological polar surface area (TPSA) is 53.0 Å². The van der Waals surface area contributed by atoms with Gasteiger partial charge in [-0.05, 0) is 24.8 Å². The van der Waals surface area contributed by atoms with Crippen molar-refractivity contribution in [3.8, 4) is 0 Å². The molecular weight excluding hydrogens is 280 g/mol. The maximum Gasteiger partial charge on any atom is 0.410 e. The lowest BCUT2D eigenvalue weighted by Gasteiger charge is -2.28. The van der Waals surface area contributed by atoms with E-state index in [0.717, 1.165) is 18.5 Å². The summed E-state index contributed by atoms with van der Waals surface area (Å²) in [5.74, 6) is 0. The summed E-state index contributed by atoms with van der Waals surface area (Å²) in [5, 5.41) is 9.21. The lowest BCUT2D eigenvalue weighted by Crippen LogP contribution is -2.41. The zero-order valence-electron chi connectivity index (χ0n) is 12.9. The van der Waals surface area contributed by atoms with Gasteiger partial charge in [-0.25, -0.2) is 4.79 Å².